The van der Waals surface area contributed by atoms with Gasteiger partial charge >= 0.3 is 0 Å². The zero-order valence-corrected chi connectivity index (χ0v) is 10.5. The van der Waals surface area contributed by atoms with Gasteiger partial charge in [0.1, 0.15) is 12.7 Å². The van der Waals surface area contributed by atoms with Crippen LogP contribution in [0.5, 0.6) is 11.5 Å². The fourth-order valence-corrected chi connectivity index (χ4v) is 1.96. The van der Waals surface area contributed by atoms with Crippen LogP contribution in [-0.4, -0.2) is 60.7 Å². The summed E-state index contributed by atoms with van der Waals surface area (Å²) in [7, 11) is 1.85. The second-order valence-corrected chi connectivity index (χ2v) is 4.46. The summed E-state index contributed by atoms with van der Waals surface area (Å²) in [6.45, 7) is 0.930. The molecule has 1 aliphatic rings. The lowest BCUT2D eigenvalue weighted by molar-refractivity contribution is 0.0292. The second-order valence-electron chi connectivity index (χ2n) is 4.46. The molecule has 0 saturated heterocycles. The number of para-hydroxylation sites is 2. The number of benzene rings is 1. The predicted molar refractivity (Wildman–Crippen MR) is 66.9 cm³/mol. The number of hydrogen-bond acceptors (Lipinski definition) is 5. The average molecular weight is 253 g/mol. The average Bonchev–Trinajstić information content (AvgIpc) is 2.40. The lowest BCUT2D eigenvalue weighted by atomic mass is 10.2. The summed E-state index contributed by atoms with van der Waals surface area (Å²) in [5.41, 5.74) is 0. The third-order valence-electron chi connectivity index (χ3n) is 3.10. The van der Waals surface area contributed by atoms with Crippen LogP contribution in [0.3, 0.4) is 0 Å². The third kappa shape index (κ3) is 2.93. The topological polar surface area (TPSA) is 62.2 Å². The molecule has 18 heavy (non-hydrogen) atoms. The van der Waals surface area contributed by atoms with E-state index in [2.05, 4.69) is 0 Å². The maximum absolute atomic E-state index is 9.11. The molecule has 0 radical (unpaired) electrons. The first kappa shape index (κ1) is 13.1. The van der Waals surface area contributed by atoms with Crippen molar-refractivity contribution < 1.29 is 19.7 Å². The molecular formula is C13H19NO4. The summed E-state index contributed by atoms with van der Waals surface area (Å²) in [6.07, 6.45) is -0.0921. The van der Waals surface area contributed by atoms with Gasteiger partial charge in [0.25, 0.3) is 0 Å². The summed E-state index contributed by atoms with van der Waals surface area (Å²) in [5, 5.41) is 18.2. The highest BCUT2D eigenvalue weighted by Crippen LogP contribution is 2.30. The van der Waals surface area contributed by atoms with E-state index in [1.54, 1.807) is 0 Å². The molecule has 1 atom stereocenters. The zero-order valence-electron chi connectivity index (χ0n) is 10.5. The van der Waals surface area contributed by atoms with Crippen molar-refractivity contribution in [3.05, 3.63) is 24.3 Å². The van der Waals surface area contributed by atoms with Crippen molar-refractivity contribution in [2.24, 2.45) is 0 Å². The van der Waals surface area contributed by atoms with Gasteiger partial charge in [0.2, 0.25) is 0 Å². The Morgan fingerprint density at radius 2 is 1.94 bits per heavy atom. The maximum Gasteiger partial charge on any atom is 0.161 e. The van der Waals surface area contributed by atoms with E-state index in [0.29, 0.717) is 13.2 Å². The zero-order chi connectivity index (χ0) is 13.0. The molecular weight excluding hydrogens is 234 g/mol. The predicted octanol–water partition coefficient (Wildman–Crippen LogP) is 0.111. The van der Waals surface area contributed by atoms with Crippen molar-refractivity contribution in [2.45, 2.75) is 12.1 Å². The number of nitrogens with zero attached hydrogens (tertiary/aromatic N) is 1. The molecule has 0 aromatic heterocycles. The van der Waals surface area contributed by atoms with Gasteiger partial charge in [-0.15, -0.1) is 0 Å². The Balaban J connectivity index is 1.93. The fraction of sp³-hybridized carbons (Fsp3) is 0.538. The number of likely N-dealkylation sites (N-methyl/N-ethyl adjacent to an activating group) is 1. The summed E-state index contributed by atoms with van der Waals surface area (Å²) in [6, 6.07) is 7.29. The maximum atomic E-state index is 9.11. The smallest absolute Gasteiger partial charge is 0.161 e. The largest absolute Gasteiger partial charge is 0.486 e. The summed E-state index contributed by atoms with van der Waals surface area (Å²) < 4.78 is 11.4. The number of aliphatic hydroxyl groups is 2. The molecule has 2 rings (SSSR count). The van der Waals surface area contributed by atoms with E-state index in [1.807, 2.05) is 36.2 Å². The van der Waals surface area contributed by atoms with E-state index in [0.717, 1.165) is 11.5 Å². The minimum absolute atomic E-state index is 0.0723. The fourth-order valence-electron chi connectivity index (χ4n) is 1.96. The van der Waals surface area contributed by atoms with Gasteiger partial charge in [0.15, 0.2) is 11.5 Å². The molecule has 5 nitrogen and oxygen atoms in total. The van der Waals surface area contributed by atoms with Crippen LogP contribution in [0.1, 0.15) is 0 Å². The van der Waals surface area contributed by atoms with Crippen LogP contribution in [-0.2, 0) is 0 Å². The minimum atomic E-state index is -0.259. The molecule has 0 fully saturated rings. The molecule has 1 aromatic rings. The summed E-state index contributed by atoms with van der Waals surface area (Å²) >= 11 is 0. The molecule has 0 aliphatic carbocycles. The molecule has 0 bridgehead atoms. The van der Waals surface area contributed by atoms with Crippen molar-refractivity contribution in [3.63, 3.8) is 0 Å². The SMILES string of the molecule is CN(C[C@H]1COc2ccccc2O1)C(CO)CO. The van der Waals surface area contributed by atoms with Gasteiger partial charge < -0.3 is 19.7 Å². The Bertz CT molecular complexity index is 381. The van der Waals surface area contributed by atoms with Gasteiger partial charge in [0.05, 0.1) is 19.3 Å². The first-order valence-electron chi connectivity index (χ1n) is 6.05. The molecule has 0 unspecified atom stereocenters. The van der Waals surface area contributed by atoms with Crippen LogP contribution in [0.15, 0.2) is 24.3 Å². The summed E-state index contributed by atoms with van der Waals surface area (Å²) in [4.78, 5) is 1.88. The van der Waals surface area contributed by atoms with E-state index in [-0.39, 0.29) is 25.4 Å². The Hall–Kier alpha value is -1.30. The lowest BCUT2D eigenvalue weighted by Crippen LogP contribution is -2.46. The van der Waals surface area contributed by atoms with Gasteiger partial charge in [-0.1, -0.05) is 12.1 Å². The van der Waals surface area contributed by atoms with E-state index < -0.39 is 0 Å². The highest BCUT2D eigenvalue weighted by molar-refractivity contribution is 5.40. The van der Waals surface area contributed by atoms with Gasteiger partial charge in [-0.3, -0.25) is 4.90 Å². The number of rotatable bonds is 5. The monoisotopic (exact) mass is 253 g/mol. The number of hydrogen-bond donors (Lipinski definition) is 2. The van der Waals surface area contributed by atoms with Crippen molar-refractivity contribution in [1.29, 1.82) is 0 Å². The Morgan fingerprint density at radius 3 is 2.61 bits per heavy atom. The second kappa shape index (κ2) is 6.04. The molecule has 0 saturated carbocycles. The molecule has 1 heterocycles. The van der Waals surface area contributed by atoms with Crippen molar-refractivity contribution in [2.75, 3.05) is 33.4 Å². The van der Waals surface area contributed by atoms with E-state index in [1.165, 1.54) is 0 Å². The third-order valence-corrected chi connectivity index (χ3v) is 3.10. The van der Waals surface area contributed by atoms with E-state index in [9.17, 15) is 0 Å². The molecule has 0 spiro atoms. The minimum Gasteiger partial charge on any atom is -0.486 e. The van der Waals surface area contributed by atoms with E-state index >= 15 is 0 Å². The number of fused-ring (bicyclic) bond motifs is 1. The molecule has 2 N–H and O–H groups in total. The lowest BCUT2D eigenvalue weighted by Gasteiger charge is -2.32. The normalized spacial score (nSPS) is 18.4. The van der Waals surface area contributed by atoms with Crippen LogP contribution in [0.4, 0.5) is 0 Å². The Kier molecular flexibility index (Phi) is 4.41. The van der Waals surface area contributed by atoms with Crippen LogP contribution in [0.2, 0.25) is 0 Å². The van der Waals surface area contributed by atoms with Crippen LogP contribution >= 0.6 is 0 Å². The molecule has 5 heteroatoms. The standard InChI is InChI=1S/C13H19NO4/c1-14(10(7-15)8-16)6-11-9-17-12-4-2-3-5-13(12)18-11/h2-5,10-11,15-16H,6-9H2,1H3/t11-/m0/s1. The van der Waals surface area contributed by atoms with Gasteiger partial charge in [-0.2, -0.15) is 0 Å². The van der Waals surface area contributed by atoms with Crippen molar-refractivity contribution in [1.82, 2.24) is 4.90 Å². The first-order chi connectivity index (χ1) is 8.74. The number of aliphatic hydroxyl groups excluding tert-OH is 2. The van der Waals surface area contributed by atoms with Crippen LogP contribution < -0.4 is 9.47 Å². The van der Waals surface area contributed by atoms with Gasteiger partial charge in [-0.05, 0) is 19.2 Å². The van der Waals surface area contributed by atoms with Crippen LogP contribution in [0.25, 0.3) is 0 Å². The number of ether oxygens (including phenoxy) is 2. The highest BCUT2D eigenvalue weighted by atomic mass is 16.6. The van der Waals surface area contributed by atoms with Crippen molar-refractivity contribution in [3.8, 4) is 11.5 Å². The molecule has 1 aromatic carbocycles. The molecule has 0 amide bonds. The molecule has 1 aliphatic heterocycles. The van der Waals surface area contributed by atoms with Gasteiger partial charge in [-0.25, -0.2) is 0 Å². The summed E-state index contributed by atoms with van der Waals surface area (Å²) in [5.74, 6) is 1.50. The Morgan fingerprint density at radius 1 is 1.28 bits per heavy atom. The van der Waals surface area contributed by atoms with E-state index in [4.69, 9.17) is 19.7 Å². The van der Waals surface area contributed by atoms with Crippen LogP contribution in [0, 0.1) is 0 Å². The Labute approximate surface area is 107 Å². The quantitative estimate of drug-likeness (QED) is 0.780. The van der Waals surface area contributed by atoms with Crippen molar-refractivity contribution >= 4 is 0 Å². The molecule has 100 valence electrons. The highest BCUT2D eigenvalue weighted by Gasteiger charge is 2.24. The van der Waals surface area contributed by atoms with Gasteiger partial charge in [0, 0.05) is 6.54 Å². The first-order valence-corrected chi connectivity index (χ1v) is 6.05.